The van der Waals surface area contributed by atoms with E-state index < -0.39 is 28.5 Å². The van der Waals surface area contributed by atoms with E-state index in [0.29, 0.717) is 12.2 Å². The van der Waals surface area contributed by atoms with Gasteiger partial charge >= 0.3 is 0 Å². The molecular weight excluding hydrogens is 538 g/mol. The second kappa shape index (κ2) is 13.7. The number of carbonyl (C=O) groups is 2. The quantitative estimate of drug-likeness (QED) is 0.320. The minimum atomic E-state index is -4.19. The highest BCUT2D eigenvalue weighted by molar-refractivity contribution is 7.92. The number of carbonyl (C=O) groups excluding carboxylic acids is 2. The molecule has 0 fully saturated rings. The van der Waals surface area contributed by atoms with E-state index in [9.17, 15) is 18.0 Å². The number of methoxy groups -OCH3 is 1. The van der Waals surface area contributed by atoms with Gasteiger partial charge in [-0.25, -0.2) is 8.42 Å². The van der Waals surface area contributed by atoms with Gasteiger partial charge in [0.15, 0.2) is 0 Å². The van der Waals surface area contributed by atoms with E-state index in [0.717, 1.165) is 26.6 Å². The van der Waals surface area contributed by atoms with Crippen LogP contribution >= 0.6 is 0 Å². The van der Waals surface area contributed by atoms with Gasteiger partial charge in [0, 0.05) is 12.6 Å². The van der Waals surface area contributed by atoms with E-state index in [4.69, 9.17) is 4.74 Å². The zero-order valence-corrected chi connectivity index (χ0v) is 25.8. The number of amides is 2. The van der Waals surface area contributed by atoms with Crippen LogP contribution < -0.4 is 14.4 Å². The lowest BCUT2D eigenvalue weighted by atomic mass is 10.1. The van der Waals surface area contributed by atoms with Gasteiger partial charge in [0.25, 0.3) is 10.0 Å². The second-order valence-corrected chi connectivity index (χ2v) is 12.5. The van der Waals surface area contributed by atoms with Gasteiger partial charge in [0.2, 0.25) is 11.8 Å². The standard InChI is InChI=1S/C32H41N3O5S/c1-8-28(32(37)33-22(2)3)34(20-26-14-9-23(4)10-15-26)31(36)21-35(29-19-25(6)13-18-30(29)40-7)41(38,39)27-16-11-24(5)12-17-27/h9-19,22,28H,8,20-21H2,1-7H3,(H,33,37)/t28-/m1/s1. The van der Waals surface area contributed by atoms with Crippen molar-refractivity contribution in [2.45, 2.75) is 71.5 Å². The SMILES string of the molecule is CC[C@H](C(=O)NC(C)C)N(Cc1ccc(C)cc1)C(=O)CN(c1cc(C)ccc1OC)S(=O)(=O)c1ccc(C)cc1. The van der Waals surface area contributed by atoms with Crippen LogP contribution in [0.4, 0.5) is 5.69 Å². The lowest BCUT2D eigenvalue weighted by molar-refractivity contribution is -0.140. The molecule has 0 aliphatic rings. The van der Waals surface area contributed by atoms with Gasteiger partial charge in [-0.2, -0.15) is 0 Å². The highest BCUT2D eigenvalue weighted by Crippen LogP contribution is 2.34. The van der Waals surface area contributed by atoms with Gasteiger partial charge in [-0.05, 0) is 76.4 Å². The van der Waals surface area contributed by atoms with Gasteiger partial charge in [-0.3, -0.25) is 13.9 Å². The van der Waals surface area contributed by atoms with Crippen LogP contribution in [-0.2, 0) is 26.2 Å². The van der Waals surface area contributed by atoms with Crippen molar-refractivity contribution in [2.24, 2.45) is 0 Å². The number of ether oxygens (including phenoxy) is 1. The third-order valence-corrected chi connectivity index (χ3v) is 8.56. The first-order valence-corrected chi connectivity index (χ1v) is 15.2. The van der Waals surface area contributed by atoms with Crippen molar-refractivity contribution in [1.82, 2.24) is 10.2 Å². The number of benzene rings is 3. The average Bonchev–Trinajstić information content (AvgIpc) is 2.92. The second-order valence-electron chi connectivity index (χ2n) is 10.6. The predicted molar refractivity (Wildman–Crippen MR) is 163 cm³/mol. The summed E-state index contributed by atoms with van der Waals surface area (Å²) >= 11 is 0. The molecule has 2 amide bonds. The average molecular weight is 580 g/mol. The summed E-state index contributed by atoms with van der Waals surface area (Å²) in [6.45, 7) is 10.9. The van der Waals surface area contributed by atoms with Crippen LogP contribution in [0.25, 0.3) is 0 Å². The Kier molecular flexibility index (Phi) is 10.6. The lowest BCUT2D eigenvalue weighted by Gasteiger charge is -2.34. The van der Waals surface area contributed by atoms with Gasteiger partial charge < -0.3 is 15.0 Å². The van der Waals surface area contributed by atoms with E-state index in [1.54, 1.807) is 24.3 Å². The third kappa shape index (κ3) is 7.88. The molecule has 9 heteroatoms. The number of nitrogens with zero attached hydrogens (tertiary/aromatic N) is 2. The molecule has 0 unspecified atom stereocenters. The van der Waals surface area contributed by atoms with Gasteiger partial charge in [-0.1, -0.05) is 60.5 Å². The van der Waals surface area contributed by atoms with Crippen molar-refractivity contribution in [2.75, 3.05) is 18.0 Å². The molecule has 3 rings (SSSR count). The number of sulfonamides is 1. The molecule has 0 bridgehead atoms. The minimum absolute atomic E-state index is 0.0501. The Morgan fingerprint density at radius 2 is 1.44 bits per heavy atom. The summed E-state index contributed by atoms with van der Waals surface area (Å²) < 4.78 is 34.9. The zero-order chi connectivity index (χ0) is 30.3. The monoisotopic (exact) mass is 579 g/mol. The van der Waals surface area contributed by atoms with Crippen molar-refractivity contribution in [3.63, 3.8) is 0 Å². The normalized spacial score (nSPS) is 12.1. The molecule has 0 spiro atoms. The largest absolute Gasteiger partial charge is 0.495 e. The molecule has 3 aromatic rings. The van der Waals surface area contributed by atoms with Crippen molar-refractivity contribution < 1.29 is 22.7 Å². The smallest absolute Gasteiger partial charge is 0.264 e. The summed E-state index contributed by atoms with van der Waals surface area (Å²) in [5, 5.41) is 2.91. The number of hydrogen-bond acceptors (Lipinski definition) is 5. The summed E-state index contributed by atoms with van der Waals surface area (Å²) in [4.78, 5) is 29.0. The summed E-state index contributed by atoms with van der Waals surface area (Å²) in [7, 11) is -2.74. The van der Waals surface area contributed by atoms with Crippen molar-refractivity contribution in [3.8, 4) is 5.75 Å². The van der Waals surface area contributed by atoms with Gasteiger partial charge in [0.1, 0.15) is 18.3 Å². The van der Waals surface area contributed by atoms with Crippen molar-refractivity contribution in [1.29, 1.82) is 0 Å². The number of rotatable bonds is 12. The molecule has 0 aliphatic carbocycles. The van der Waals surface area contributed by atoms with E-state index in [-0.39, 0.29) is 29.1 Å². The Labute approximate surface area is 244 Å². The fourth-order valence-electron chi connectivity index (χ4n) is 4.54. The Bertz CT molecular complexity index is 1450. The van der Waals surface area contributed by atoms with Crippen molar-refractivity contribution in [3.05, 3.63) is 89.0 Å². The van der Waals surface area contributed by atoms with Crippen LogP contribution in [0.1, 0.15) is 49.4 Å². The minimum Gasteiger partial charge on any atom is -0.495 e. The van der Waals surface area contributed by atoms with Crippen LogP contribution in [-0.4, -0.2) is 50.9 Å². The Hall–Kier alpha value is -3.85. The van der Waals surface area contributed by atoms with E-state index >= 15 is 0 Å². The van der Waals surface area contributed by atoms with Gasteiger partial charge in [-0.15, -0.1) is 0 Å². The zero-order valence-electron chi connectivity index (χ0n) is 25.0. The van der Waals surface area contributed by atoms with Gasteiger partial charge in [0.05, 0.1) is 17.7 Å². The Morgan fingerprint density at radius 3 is 1.98 bits per heavy atom. The molecule has 8 nitrogen and oxygen atoms in total. The number of anilines is 1. The highest BCUT2D eigenvalue weighted by Gasteiger charge is 2.35. The molecule has 0 radical (unpaired) electrons. The molecular formula is C32H41N3O5S. The molecule has 0 saturated carbocycles. The molecule has 3 aromatic carbocycles. The Balaban J connectivity index is 2.13. The highest BCUT2D eigenvalue weighted by atomic mass is 32.2. The van der Waals surface area contributed by atoms with E-state index in [1.165, 1.54) is 24.1 Å². The molecule has 220 valence electrons. The van der Waals surface area contributed by atoms with E-state index in [1.807, 2.05) is 71.9 Å². The van der Waals surface area contributed by atoms with Crippen LogP contribution in [0.15, 0.2) is 71.6 Å². The molecule has 0 saturated heterocycles. The third-order valence-electron chi connectivity index (χ3n) is 6.78. The van der Waals surface area contributed by atoms with Crippen LogP contribution in [0.5, 0.6) is 5.75 Å². The number of hydrogen-bond donors (Lipinski definition) is 1. The molecule has 0 aromatic heterocycles. The summed E-state index contributed by atoms with van der Waals surface area (Å²) in [5.41, 5.74) is 3.86. The first-order valence-electron chi connectivity index (χ1n) is 13.8. The number of nitrogens with one attached hydrogen (secondary N) is 1. The first-order chi connectivity index (χ1) is 19.4. The van der Waals surface area contributed by atoms with Crippen LogP contribution in [0.2, 0.25) is 0 Å². The fraction of sp³-hybridized carbons (Fsp3) is 0.375. The molecule has 1 atom stereocenters. The number of aryl methyl sites for hydroxylation is 3. The van der Waals surface area contributed by atoms with Crippen LogP contribution in [0.3, 0.4) is 0 Å². The summed E-state index contributed by atoms with van der Waals surface area (Å²) in [5.74, 6) is -0.478. The summed E-state index contributed by atoms with van der Waals surface area (Å²) in [6.07, 6.45) is 0.356. The molecule has 0 aliphatic heterocycles. The molecule has 0 heterocycles. The van der Waals surface area contributed by atoms with E-state index in [2.05, 4.69) is 5.32 Å². The predicted octanol–water partition coefficient (Wildman–Crippen LogP) is 5.15. The molecule has 41 heavy (non-hydrogen) atoms. The fourth-order valence-corrected chi connectivity index (χ4v) is 5.95. The lowest BCUT2D eigenvalue weighted by Crippen LogP contribution is -2.53. The first kappa shape index (κ1) is 31.7. The maximum atomic E-state index is 14.2. The Morgan fingerprint density at radius 1 is 0.878 bits per heavy atom. The maximum absolute atomic E-state index is 14.2. The summed E-state index contributed by atoms with van der Waals surface area (Å²) in [6, 6.07) is 18.5. The van der Waals surface area contributed by atoms with Crippen molar-refractivity contribution >= 4 is 27.5 Å². The topological polar surface area (TPSA) is 96.0 Å². The van der Waals surface area contributed by atoms with Crippen LogP contribution in [0, 0.1) is 20.8 Å². The molecule has 1 N–H and O–H groups in total. The maximum Gasteiger partial charge on any atom is 0.264 e.